The summed E-state index contributed by atoms with van der Waals surface area (Å²) >= 11 is 1.82. The van der Waals surface area contributed by atoms with Crippen LogP contribution < -0.4 is 0 Å². The monoisotopic (exact) mass is 398 g/mol. The van der Waals surface area contributed by atoms with Crippen LogP contribution in [-0.4, -0.2) is 26.7 Å². The maximum absolute atomic E-state index is 11.6. The standard InChI is InChI=1S/C9H11N3OS.C8H11NS.CH4.FH/c1-8-3-4-9(5-11-8)6-14(2,13)12-7-10;1-7-3-4-8(5-9-7)6-10-2;;/h3-5H,6H2,1-2H3;3-5H,6H2,1-2H3;1H4;1H. The molecule has 0 aliphatic carbocycles. The summed E-state index contributed by atoms with van der Waals surface area (Å²) in [5, 5.41) is 8.31. The van der Waals surface area contributed by atoms with Crippen LogP contribution in [0.25, 0.3) is 0 Å². The third-order valence-electron chi connectivity index (χ3n) is 2.92. The van der Waals surface area contributed by atoms with Crippen LogP contribution in [0.15, 0.2) is 41.0 Å². The van der Waals surface area contributed by atoms with E-state index in [1.54, 1.807) is 12.4 Å². The maximum atomic E-state index is 11.6. The van der Waals surface area contributed by atoms with Crippen molar-refractivity contribution in [2.24, 2.45) is 4.36 Å². The molecule has 1 atom stereocenters. The number of rotatable bonds is 4. The largest absolute Gasteiger partial charge is 0.269 e. The van der Waals surface area contributed by atoms with Gasteiger partial charge in [-0.15, -0.1) is 4.36 Å². The van der Waals surface area contributed by atoms with Crippen molar-refractivity contribution in [1.82, 2.24) is 9.97 Å². The lowest BCUT2D eigenvalue weighted by atomic mass is 10.3. The summed E-state index contributed by atoms with van der Waals surface area (Å²) in [5.41, 5.74) is 4.14. The van der Waals surface area contributed by atoms with Crippen molar-refractivity contribution in [2.75, 3.05) is 12.5 Å². The number of nitriles is 1. The third kappa shape index (κ3) is 10.8. The molecule has 0 spiro atoms. The highest BCUT2D eigenvalue weighted by molar-refractivity contribution is 7.97. The van der Waals surface area contributed by atoms with Crippen molar-refractivity contribution in [2.45, 2.75) is 32.8 Å². The van der Waals surface area contributed by atoms with Crippen LogP contribution in [0.3, 0.4) is 0 Å². The van der Waals surface area contributed by atoms with Crippen LogP contribution in [0.2, 0.25) is 0 Å². The molecule has 0 amide bonds. The first-order valence-electron chi connectivity index (χ1n) is 7.26. The Morgan fingerprint density at radius 2 is 1.62 bits per heavy atom. The molecule has 144 valence electrons. The molecule has 0 bridgehead atoms. The second-order valence-corrected chi connectivity index (χ2v) is 8.60. The summed E-state index contributed by atoms with van der Waals surface area (Å²) in [6.45, 7) is 3.88. The first-order chi connectivity index (χ1) is 11.4. The molecule has 0 saturated carbocycles. The predicted molar refractivity (Wildman–Crippen MR) is 110 cm³/mol. The summed E-state index contributed by atoms with van der Waals surface area (Å²) in [7, 11) is -2.42. The molecule has 0 saturated heterocycles. The van der Waals surface area contributed by atoms with Crippen molar-refractivity contribution in [3.05, 3.63) is 59.2 Å². The maximum Gasteiger partial charge on any atom is 0.214 e. The number of halogens is 1. The molecule has 5 nitrogen and oxygen atoms in total. The van der Waals surface area contributed by atoms with Crippen LogP contribution in [0.1, 0.15) is 29.9 Å². The van der Waals surface area contributed by atoms with Gasteiger partial charge < -0.3 is 0 Å². The fourth-order valence-electron chi connectivity index (χ4n) is 1.76. The van der Waals surface area contributed by atoms with Crippen molar-refractivity contribution in [3.8, 4) is 6.19 Å². The lowest BCUT2D eigenvalue weighted by Gasteiger charge is -2.01. The highest BCUT2D eigenvalue weighted by Crippen LogP contribution is 2.07. The molecule has 0 aromatic carbocycles. The number of hydrogen-bond donors (Lipinski definition) is 0. The molecule has 0 radical (unpaired) electrons. The number of nitrogens with zero attached hydrogens (tertiary/aromatic N) is 4. The molecule has 0 aliphatic heterocycles. The van der Waals surface area contributed by atoms with Gasteiger partial charge in [0.25, 0.3) is 0 Å². The normalized spacial score (nSPS) is 11.3. The van der Waals surface area contributed by atoms with Crippen LogP contribution in [0.5, 0.6) is 0 Å². The Kier molecular flexibility index (Phi) is 13.4. The number of aryl methyl sites for hydroxylation is 2. The molecule has 0 fully saturated rings. The predicted octanol–water partition coefficient (Wildman–Crippen LogP) is 4.51. The smallest absolute Gasteiger partial charge is 0.214 e. The molecule has 26 heavy (non-hydrogen) atoms. The Bertz CT molecular complexity index is 793. The highest BCUT2D eigenvalue weighted by atomic mass is 32.2. The summed E-state index contributed by atoms with van der Waals surface area (Å²) in [5.74, 6) is 1.33. The average Bonchev–Trinajstić information content (AvgIpc) is 2.52. The molecule has 8 heteroatoms. The zero-order valence-corrected chi connectivity index (χ0v) is 16.4. The van der Waals surface area contributed by atoms with Crippen molar-refractivity contribution < 1.29 is 8.91 Å². The summed E-state index contributed by atoms with van der Waals surface area (Å²) in [6.07, 6.45) is 8.73. The zero-order chi connectivity index (χ0) is 18.0. The molecule has 0 N–H and O–H groups in total. The average molecular weight is 399 g/mol. The molecule has 2 aromatic rings. The van der Waals surface area contributed by atoms with E-state index in [1.165, 1.54) is 11.8 Å². The fraction of sp³-hybridized carbons (Fsp3) is 0.389. The van der Waals surface area contributed by atoms with E-state index >= 15 is 0 Å². The number of aromatic nitrogens is 2. The van der Waals surface area contributed by atoms with E-state index in [1.807, 2.05) is 50.0 Å². The molecule has 2 aromatic heterocycles. The lowest BCUT2D eigenvalue weighted by Crippen LogP contribution is -2.01. The van der Waals surface area contributed by atoms with Gasteiger partial charge in [0.15, 0.2) is 0 Å². The Morgan fingerprint density at radius 3 is 2.00 bits per heavy atom. The Balaban J connectivity index is 0. The lowest BCUT2D eigenvalue weighted by molar-refractivity contribution is 0.680. The van der Waals surface area contributed by atoms with Crippen molar-refractivity contribution >= 4 is 21.5 Å². The third-order valence-corrected chi connectivity index (χ3v) is 4.88. The Labute approximate surface area is 160 Å². The van der Waals surface area contributed by atoms with Crippen LogP contribution in [0.4, 0.5) is 4.70 Å². The summed E-state index contributed by atoms with van der Waals surface area (Å²) < 4.78 is 15.0. The van der Waals surface area contributed by atoms with Crippen LogP contribution in [-0.2, 0) is 21.2 Å². The molecule has 1 unspecified atom stereocenters. The van der Waals surface area contributed by atoms with Gasteiger partial charge in [-0.3, -0.25) is 14.7 Å². The second kappa shape index (κ2) is 13.3. The van der Waals surface area contributed by atoms with Gasteiger partial charge in [0.05, 0.1) is 15.5 Å². The number of hydrogen-bond acceptors (Lipinski definition) is 6. The molecular weight excluding hydrogens is 371 g/mol. The highest BCUT2D eigenvalue weighted by Gasteiger charge is 2.03. The zero-order valence-electron chi connectivity index (χ0n) is 14.8. The second-order valence-electron chi connectivity index (χ2n) is 5.34. The van der Waals surface area contributed by atoms with E-state index in [0.717, 1.165) is 22.7 Å². The first kappa shape index (κ1) is 26.3. The van der Waals surface area contributed by atoms with Gasteiger partial charge in [0.2, 0.25) is 6.19 Å². The Hall–Kier alpha value is -1.98. The van der Waals surface area contributed by atoms with E-state index in [4.69, 9.17) is 5.26 Å². The molecule has 0 aliphatic rings. The van der Waals surface area contributed by atoms with Crippen molar-refractivity contribution in [3.63, 3.8) is 0 Å². The van der Waals surface area contributed by atoms with Gasteiger partial charge >= 0.3 is 0 Å². The van der Waals surface area contributed by atoms with Crippen molar-refractivity contribution in [1.29, 1.82) is 5.26 Å². The minimum atomic E-state index is -2.42. The van der Waals surface area contributed by atoms with Gasteiger partial charge in [-0.05, 0) is 43.4 Å². The van der Waals surface area contributed by atoms with Gasteiger partial charge in [-0.25, -0.2) is 4.21 Å². The van der Waals surface area contributed by atoms with E-state index in [2.05, 4.69) is 26.7 Å². The SMILES string of the molecule is C.CSCc1ccc(C)nc1.Cc1ccc(CS(C)(=O)=NC#N)cn1.F. The fourth-order valence-corrected chi connectivity index (χ4v) is 3.29. The number of thioether (sulfide) groups is 1. The van der Waals surface area contributed by atoms with E-state index in [9.17, 15) is 4.21 Å². The first-order valence-corrected chi connectivity index (χ1v) is 10.7. The van der Waals surface area contributed by atoms with Gasteiger partial charge in [-0.2, -0.15) is 17.0 Å². The van der Waals surface area contributed by atoms with Crippen LogP contribution >= 0.6 is 11.8 Å². The minimum Gasteiger partial charge on any atom is -0.269 e. The minimum absolute atomic E-state index is 0. The molecule has 2 heterocycles. The van der Waals surface area contributed by atoms with E-state index < -0.39 is 9.73 Å². The van der Waals surface area contributed by atoms with Gasteiger partial charge in [-0.1, -0.05) is 19.6 Å². The quantitative estimate of drug-likeness (QED) is 0.708. The van der Waals surface area contributed by atoms with Gasteiger partial charge in [0, 0.05) is 35.8 Å². The summed E-state index contributed by atoms with van der Waals surface area (Å²) in [4.78, 5) is 8.26. The van der Waals surface area contributed by atoms with Crippen LogP contribution in [0, 0.1) is 25.3 Å². The van der Waals surface area contributed by atoms with E-state index in [-0.39, 0.29) is 17.9 Å². The topological polar surface area (TPSA) is 79.0 Å². The van der Waals surface area contributed by atoms with E-state index in [0.29, 0.717) is 0 Å². The molecular formula is C18H27FN4OS2. The Morgan fingerprint density at radius 1 is 1.12 bits per heavy atom. The summed E-state index contributed by atoms with van der Waals surface area (Å²) in [6, 6.07) is 7.86. The number of pyridine rings is 2. The molecule has 2 rings (SSSR count). The van der Waals surface area contributed by atoms with Gasteiger partial charge in [0.1, 0.15) is 0 Å².